The molecule has 0 saturated carbocycles. The molecule has 1 rings (SSSR count). The van der Waals surface area contributed by atoms with Crippen LogP contribution < -0.4 is 10.1 Å². The third kappa shape index (κ3) is 7.30. The van der Waals surface area contributed by atoms with Gasteiger partial charge in [-0.15, -0.1) is 0 Å². The van der Waals surface area contributed by atoms with E-state index in [0.717, 1.165) is 55.7 Å². The molecule has 1 atom stereocenters. The SMILES string of the molecule is CCCNC(CCOCCC)Cc1ccc(OC)c(Br)c1. The lowest BCUT2D eigenvalue weighted by atomic mass is 10.0. The van der Waals surface area contributed by atoms with Crippen molar-refractivity contribution in [3.63, 3.8) is 0 Å². The van der Waals surface area contributed by atoms with E-state index in [1.165, 1.54) is 5.56 Å². The smallest absolute Gasteiger partial charge is 0.133 e. The van der Waals surface area contributed by atoms with Crippen LogP contribution in [0.4, 0.5) is 0 Å². The fourth-order valence-corrected chi connectivity index (χ4v) is 2.81. The number of hydrogen-bond acceptors (Lipinski definition) is 3. The van der Waals surface area contributed by atoms with Crippen LogP contribution in [0.5, 0.6) is 5.75 Å². The van der Waals surface area contributed by atoms with Gasteiger partial charge in [0.25, 0.3) is 0 Å². The third-order valence-electron chi connectivity index (χ3n) is 3.34. The molecule has 1 aromatic rings. The van der Waals surface area contributed by atoms with Crippen molar-refractivity contribution in [2.24, 2.45) is 0 Å². The second-order valence-electron chi connectivity index (χ2n) is 5.23. The van der Waals surface area contributed by atoms with E-state index in [4.69, 9.17) is 9.47 Å². The van der Waals surface area contributed by atoms with E-state index in [1.807, 2.05) is 6.07 Å². The lowest BCUT2D eigenvalue weighted by Gasteiger charge is -2.19. The minimum atomic E-state index is 0.460. The lowest BCUT2D eigenvalue weighted by Crippen LogP contribution is -2.33. The summed E-state index contributed by atoms with van der Waals surface area (Å²) in [7, 11) is 1.69. The number of ether oxygens (including phenoxy) is 2. The summed E-state index contributed by atoms with van der Waals surface area (Å²) in [5.74, 6) is 0.878. The highest BCUT2D eigenvalue weighted by atomic mass is 79.9. The molecule has 0 bridgehead atoms. The average Bonchev–Trinajstić information content (AvgIpc) is 2.49. The lowest BCUT2D eigenvalue weighted by molar-refractivity contribution is 0.124. The minimum Gasteiger partial charge on any atom is -0.496 e. The molecule has 0 saturated heterocycles. The monoisotopic (exact) mass is 357 g/mol. The second-order valence-corrected chi connectivity index (χ2v) is 6.08. The van der Waals surface area contributed by atoms with E-state index >= 15 is 0 Å². The van der Waals surface area contributed by atoms with Crippen LogP contribution in [0.3, 0.4) is 0 Å². The summed E-state index contributed by atoms with van der Waals surface area (Å²) in [6, 6.07) is 6.76. The predicted molar refractivity (Wildman–Crippen MR) is 92.2 cm³/mol. The van der Waals surface area contributed by atoms with Crippen LogP contribution in [-0.4, -0.2) is 32.9 Å². The highest BCUT2D eigenvalue weighted by Gasteiger charge is 2.10. The molecule has 1 aromatic carbocycles. The van der Waals surface area contributed by atoms with E-state index in [1.54, 1.807) is 7.11 Å². The first-order valence-corrected chi connectivity index (χ1v) is 8.64. The van der Waals surface area contributed by atoms with Crippen LogP contribution in [-0.2, 0) is 11.2 Å². The Bertz CT molecular complexity index is 398. The van der Waals surface area contributed by atoms with Crippen LogP contribution in [0.1, 0.15) is 38.7 Å². The summed E-state index contributed by atoms with van der Waals surface area (Å²) in [6.07, 6.45) is 4.29. The van der Waals surface area contributed by atoms with E-state index in [9.17, 15) is 0 Å². The third-order valence-corrected chi connectivity index (χ3v) is 3.96. The van der Waals surface area contributed by atoms with Gasteiger partial charge in [0, 0.05) is 19.3 Å². The van der Waals surface area contributed by atoms with Crippen LogP contribution in [0.2, 0.25) is 0 Å². The van der Waals surface area contributed by atoms with E-state index in [2.05, 4.69) is 47.2 Å². The molecule has 0 radical (unpaired) electrons. The first kappa shape index (κ1) is 18.5. The normalized spacial score (nSPS) is 12.4. The van der Waals surface area contributed by atoms with Crippen molar-refractivity contribution in [3.05, 3.63) is 28.2 Å². The summed E-state index contributed by atoms with van der Waals surface area (Å²) < 4.78 is 11.9. The molecule has 0 aliphatic rings. The average molecular weight is 358 g/mol. The topological polar surface area (TPSA) is 30.5 Å². The Morgan fingerprint density at radius 1 is 1.19 bits per heavy atom. The summed E-state index contributed by atoms with van der Waals surface area (Å²) in [4.78, 5) is 0. The second kappa shape index (κ2) is 11.0. The minimum absolute atomic E-state index is 0.460. The standard InChI is InChI=1S/C17H28BrNO2/c1-4-9-19-15(8-11-21-10-5-2)12-14-6-7-17(20-3)16(18)13-14/h6-7,13,15,19H,4-5,8-12H2,1-3H3. The zero-order valence-corrected chi connectivity index (χ0v) is 15.0. The number of benzene rings is 1. The molecule has 0 aliphatic heterocycles. The maximum Gasteiger partial charge on any atom is 0.133 e. The molecule has 4 heteroatoms. The molecular formula is C17H28BrNO2. The molecule has 0 fully saturated rings. The molecule has 21 heavy (non-hydrogen) atoms. The van der Waals surface area contributed by atoms with Gasteiger partial charge in [-0.2, -0.15) is 0 Å². The number of rotatable bonds is 11. The Labute approximate surface area is 137 Å². The van der Waals surface area contributed by atoms with Gasteiger partial charge in [-0.1, -0.05) is 19.9 Å². The molecule has 0 spiro atoms. The van der Waals surface area contributed by atoms with Gasteiger partial charge in [0.1, 0.15) is 5.75 Å². The molecule has 0 aromatic heterocycles. The van der Waals surface area contributed by atoms with E-state index < -0.39 is 0 Å². The summed E-state index contributed by atoms with van der Waals surface area (Å²) in [5.41, 5.74) is 1.31. The Balaban J connectivity index is 2.55. The van der Waals surface area contributed by atoms with Gasteiger partial charge in [0.05, 0.1) is 11.6 Å². The molecule has 1 N–H and O–H groups in total. The van der Waals surface area contributed by atoms with Gasteiger partial charge in [-0.25, -0.2) is 0 Å². The highest BCUT2D eigenvalue weighted by Crippen LogP contribution is 2.26. The van der Waals surface area contributed by atoms with Crippen LogP contribution in [0.15, 0.2) is 22.7 Å². The van der Waals surface area contributed by atoms with E-state index in [0.29, 0.717) is 6.04 Å². The molecule has 0 aliphatic carbocycles. The van der Waals surface area contributed by atoms with Crippen molar-refractivity contribution in [1.82, 2.24) is 5.32 Å². The van der Waals surface area contributed by atoms with Gasteiger partial charge in [0.2, 0.25) is 0 Å². The van der Waals surface area contributed by atoms with Gasteiger partial charge < -0.3 is 14.8 Å². The highest BCUT2D eigenvalue weighted by molar-refractivity contribution is 9.10. The molecule has 1 unspecified atom stereocenters. The van der Waals surface area contributed by atoms with Crippen molar-refractivity contribution in [2.45, 2.75) is 45.6 Å². The van der Waals surface area contributed by atoms with Crippen molar-refractivity contribution >= 4 is 15.9 Å². The predicted octanol–water partition coefficient (Wildman–Crippen LogP) is 4.19. The summed E-state index contributed by atoms with van der Waals surface area (Å²) >= 11 is 3.55. The van der Waals surface area contributed by atoms with Crippen molar-refractivity contribution in [2.75, 3.05) is 26.9 Å². The molecule has 0 heterocycles. The Morgan fingerprint density at radius 2 is 2.00 bits per heavy atom. The van der Waals surface area contributed by atoms with Crippen LogP contribution in [0, 0.1) is 0 Å². The van der Waals surface area contributed by atoms with Crippen molar-refractivity contribution in [1.29, 1.82) is 0 Å². The maximum atomic E-state index is 5.62. The number of methoxy groups -OCH3 is 1. The summed E-state index contributed by atoms with van der Waals surface area (Å²) in [6.45, 7) is 7.07. The fourth-order valence-electron chi connectivity index (χ4n) is 2.22. The Hall–Kier alpha value is -0.580. The Kier molecular flexibility index (Phi) is 9.72. The maximum absolute atomic E-state index is 5.62. The molecular weight excluding hydrogens is 330 g/mol. The van der Waals surface area contributed by atoms with Gasteiger partial charge in [0.15, 0.2) is 0 Å². The molecule has 120 valence electrons. The molecule has 3 nitrogen and oxygen atoms in total. The van der Waals surface area contributed by atoms with Gasteiger partial charge >= 0.3 is 0 Å². The molecule has 0 amide bonds. The largest absolute Gasteiger partial charge is 0.496 e. The van der Waals surface area contributed by atoms with Gasteiger partial charge in [-0.3, -0.25) is 0 Å². The number of nitrogens with one attached hydrogen (secondary N) is 1. The first-order valence-electron chi connectivity index (χ1n) is 7.84. The van der Waals surface area contributed by atoms with Crippen LogP contribution >= 0.6 is 15.9 Å². The van der Waals surface area contributed by atoms with Gasteiger partial charge in [-0.05, 0) is 65.9 Å². The van der Waals surface area contributed by atoms with Crippen LogP contribution in [0.25, 0.3) is 0 Å². The number of hydrogen-bond donors (Lipinski definition) is 1. The first-order chi connectivity index (χ1) is 10.2. The van der Waals surface area contributed by atoms with E-state index in [-0.39, 0.29) is 0 Å². The van der Waals surface area contributed by atoms with Crippen molar-refractivity contribution in [3.8, 4) is 5.75 Å². The zero-order chi connectivity index (χ0) is 15.5. The van der Waals surface area contributed by atoms with Crippen molar-refractivity contribution < 1.29 is 9.47 Å². The quantitative estimate of drug-likeness (QED) is 0.602. The summed E-state index contributed by atoms with van der Waals surface area (Å²) in [5, 5.41) is 3.62. The number of halogens is 1. The fraction of sp³-hybridized carbons (Fsp3) is 0.647. The Morgan fingerprint density at radius 3 is 2.62 bits per heavy atom. The zero-order valence-electron chi connectivity index (χ0n) is 13.5.